The van der Waals surface area contributed by atoms with Crippen LogP contribution < -0.4 is 11.4 Å². The second kappa shape index (κ2) is 7.30. The van der Waals surface area contributed by atoms with Crippen LogP contribution in [0.3, 0.4) is 0 Å². The molecule has 2 N–H and O–H groups in total. The van der Waals surface area contributed by atoms with E-state index < -0.39 is 0 Å². The summed E-state index contributed by atoms with van der Waals surface area (Å²) < 4.78 is 3.00. The number of para-hydroxylation sites is 1. The molecule has 1 atom stereocenters. The van der Waals surface area contributed by atoms with Crippen molar-refractivity contribution < 1.29 is 4.79 Å². The van der Waals surface area contributed by atoms with Crippen molar-refractivity contribution in [1.29, 1.82) is 0 Å². The molecule has 8 nitrogen and oxygen atoms in total. The third-order valence-corrected chi connectivity index (χ3v) is 5.07. The fourth-order valence-electron chi connectivity index (χ4n) is 3.70. The van der Waals surface area contributed by atoms with Gasteiger partial charge in [0.1, 0.15) is 11.6 Å². The van der Waals surface area contributed by atoms with Gasteiger partial charge in [-0.3, -0.25) is 4.79 Å². The molecule has 3 aromatic rings. The average molecular weight is 378 g/mol. The van der Waals surface area contributed by atoms with Crippen LogP contribution in [0.15, 0.2) is 53.5 Å². The number of nitrogens with two attached hydrogens (primary N) is 1. The number of aryl methyl sites for hydroxylation is 1. The molecule has 0 radical (unpaired) electrons. The Balaban J connectivity index is 1.65. The molecule has 1 amide bonds. The molecule has 0 saturated carbocycles. The van der Waals surface area contributed by atoms with Crippen molar-refractivity contribution in [3.8, 4) is 5.69 Å². The van der Waals surface area contributed by atoms with Crippen molar-refractivity contribution in [3.05, 3.63) is 70.5 Å². The third-order valence-electron chi connectivity index (χ3n) is 5.07. The zero-order valence-corrected chi connectivity index (χ0v) is 15.7. The Morgan fingerprint density at radius 3 is 2.75 bits per heavy atom. The first-order chi connectivity index (χ1) is 13.5. The van der Waals surface area contributed by atoms with Gasteiger partial charge in [0, 0.05) is 37.8 Å². The predicted molar refractivity (Wildman–Crippen MR) is 105 cm³/mol. The number of aromatic nitrogens is 4. The lowest BCUT2D eigenvalue weighted by atomic mass is 9.96. The zero-order valence-electron chi connectivity index (χ0n) is 15.7. The smallest absolute Gasteiger partial charge is 0.350 e. The molecule has 1 unspecified atom stereocenters. The van der Waals surface area contributed by atoms with Crippen molar-refractivity contribution in [1.82, 2.24) is 24.2 Å². The Morgan fingerprint density at radius 2 is 2.00 bits per heavy atom. The number of rotatable bonds is 3. The number of likely N-dealkylation sites (tertiary alicyclic amines) is 1. The molecule has 0 bridgehead atoms. The van der Waals surface area contributed by atoms with Crippen LogP contribution in [0.4, 0.5) is 5.82 Å². The number of pyridine rings is 1. The molecular weight excluding hydrogens is 356 g/mol. The molecule has 1 saturated heterocycles. The summed E-state index contributed by atoms with van der Waals surface area (Å²) in [5.74, 6) is 0.904. The van der Waals surface area contributed by atoms with Gasteiger partial charge < -0.3 is 10.6 Å². The molecule has 3 heterocycles. The monoisotopic (exact) mass is 378 g/mol. The summed E-state index contributed by atoms with van der Waals surface area (Å²) in [6.45, 7) is 1.17. The van der Waals surface area contributed by atoms with Gasteiger partial charge in [-0.25, -0.2) is 19.0 Å². The van der Waals surface area contributed by atoms with E-state index in [2.05, 4.69) is 10.1 Å². The van der Waals surface area contributed by atoms with Gasteiger partial charge in [-0.05, 0) is 37.1 Å². The number of amides is 1. The minimum atomic E-state index is -0.188. The Morgan fingerprint density at radius 1 is 1.21 bits per heavy atom. The number of nitrogens with zero attached hydrogens (tertiary/aromatic N) is 5. The van der Waals surface area contributed by atoms with Crippen LogP contribution in [-0.4, -0.2) is 43.2 Å². The van der Waals surface area contributed by atoms with E-state index in [1.165, 1.54) is 10.9 Å². The van der Waals surface area contributed by atoms with Crippen molar-refractivity contribution >= 4 is 11.7 Å². The lowest BCUT2D eigenvalue weighted by Crippen LogP contribution is -2.40. The number of anilines is 1. The molecule has 1 aliphatic rings. The highest BCUT2D eigenvalue weighted by molar-refractivity contribution is 5.94. The van der Waals surface area contributed by atoms with Gasteiger partial charge in [0.25, 0.3) is 5.91 Å². The normalized spacial score (nSPS) is 16.9. The highest BCUT2D eigenvalue weighted by Gasteiger charge is 2.30. The SMILES string of the molecule is Cn1nc(C2CCCN(C(=O)c3ccnc(N)c3)C2)n(-c2ccccc2)c1=O. The fraction of sp³-hybridized carbons (Fsp3) is 0.300. The Hall–Kier alpha value is -3.42. The number of carbonyl (C=O) groups is 1. The fourth-order valence-corrected chi connectivity index (χ4v) is 3.70. The number of benzene rings is 1. The van der Waals surface area contributed by atoms with E-state index >= 15 is 0 Å². The molecule has 4 rings (SSSR count). The van der Waals surface area contributed by atoms with Crippen molar-refractivity contribution in [2.24, 2.45) is 7.05 Å². The van der Waals surface area contributed by atoms with E-state index in [1.54, 1.807) is 28.6 Å². The van der Waals surface area contributed by atoms with Gasteiger partial charge >= 0.3 is 5.69 Å². The van der Waals surface area contributed by atoms with Crippen LogP contribution in [0.2, 0.25) is 0 Å². The maximum atomic E-state index is 12.9. The number of carbonyl (C=O) groups excluding carboxylic acids is 1. The summed E-state index contributed by atoms with van der Waals surface area (Å²) in [4.78, 5) is 31.3. The van der Waals surface area contributed by atoms with E-state index in [-0.39, 0.29) is 17.5 Å². The molecule has 1 fully saturated rings. The molecule has 0 aliphatic carbocycles. The maximum absolute atomic E-state index is 12.9. The van der Waals surface area contributed by atoms with Crippen molar-refractivity contribution in [2.45, 2.75) is 18.8 Å². The summed E-state index contributed by atoms with van der Waals surface area (Å²) in [6.07, 6.45) is 3.25. The van der Waals surface area contributed by atoms with Gasteiger partial charge in [0.2, 0.25) is 0 Å². The number of hydrogen-bond acceptors (Lipinski definition) is 5. The van der Waals surface area contributed by atoms with Gasteiger partial charge in [0.05, 0.1) is 5.69 Å². The maximum Gasteiger partial charge on any atom is 0.350 e. The zero-order chi connectivity index (χ0) is 19.7. The number of nitrogen functional groups attached to an aromatic ring is 1. The predicted octanol–water partition coefficient (Wildman–Crippen LogP) is 1.57. The molecule has 28 heavy (non-hydrogen) atoms. The van der Waals surface area contributed by atoms with Crippen LogP contribution >= 0.6 is 0 Å². The largest absolute Gasteiger partial charge is 0.384 e. The molecule has 0 spiro atoms. The van der Waals surface area contributed by atoms with Crippen LogP contribution in [0.1, 0.15) is 34.9 Å². The minimum absolute atomic E-state index is 0.0222. The van der Waals surface area contributed by atoms with Crippen LogP contribution in [0, 0.1) is 0 Å². The summed E-state index contributed by atoms with van der Waals surface area (Å²) in [5, 5.41) is 4.49. The molecule has 2 aromatic heterocycles. The summed E-state index contributed by atoms with van der Waals surface area (Å²) in [5.41, 5.74) is 6.83. The Kier molecular flexibility index (Phi) is 4.68. The lowest BCUT2D eigenvalue weighted by molar-refractivity contribution is 0.0703. The van der Waals surface area contributed by atoms with E-state index in [0.717, 1.165) is 18.5 Å². The molecule has 144 valence electrons. The highest BCUT2D eigenvalue weighted by atomic mass is 16.2. The summed E-state index contributed by atoms with van der Waals surface area (Å²) in [7, 11) is 1.65. The second-order valence-corrected chi connectivity index (χ2v) is 7.00. The van der Waals surface area contributed by atoms with Crippen molar-refractivity contribution in [2.75, 3.05) is 18.8 Å². The van der Waals surface area contributed by atoms with Crippen LogP contribution in [0.25, 0.3) is 5.69 Å². The first-order valence-electron chi connectivity index (χ1n) is 9.27. The van der Waals surface area contributed by atoms with E-state index in [4.69, 9.17) is 5.73 Å². The van der Waals surface area contributed by atoms with E-state index in [1.807, 2.05) is 30.3 Å². The van der Waals surface area contributed by atoms with Crippen molar-refractivity contribution in [3.63, 3.8) is 0 Å². The van der Waals surface area contributed by atoms with Crippen LogP contribution in [-0.2, 0) is 7.05 Å². The van der Waals surface area contributed by atoms with E-state index in [9.17, 15) is 9.59 Å². The van der Waals surface area contributed by atoms with Gasteiger partial charge in [0.15, 0.2) is 0 Å². The van der Waals surface area contributed by atoms with E-state index in [0.29, 0.717) is 30.3 Å². The standard InChI is InChI=1S/C20H22N6O2/c1-24-20(28)26(16-7-3-2-4-8-16)18(23-24)15-6-5-11-25(13-15)19(27)14-9-10-22-17(21)12-14/h2-4,7-10,12,15H,5-6,11,13H2,1H3,(H2,21,22). The highest BCUT2D eigenvalue weighted by Crippen LogP contribution is 2.27. The van der Waals surface area contributed by atoms with Gasteiger partial charge in [-0.2, -0.15) is 5.10 Å². The van der Waals surface area contributed by atoms with Gasteiger partial charge in [-0.1, -0.05) is 18.2 Å². The molecule has 1 aliphatic heterocycles. The van der Waals surface area contributed by atoms with Gasteiger partial charge in [-0.15, -0.1) is 0 Å². The number of piperidine rings is 1. The topological polar surface area (TPSA) is 99.0 Å². The summed E-state index contributed by atoms with van der Waals surface area (Å²) in [6, 6.07) is 12.7. The average Bonchev–Trinajstić information content (AvgIpc) is 3.03. The molecule has 1 aromatic carbocycles. The Labute approximate surface area is 162 Å². The Bertz CT molecular complexity index is 1060. The number of hydrogen-bond donors (Lipinski definition) is 1. The first kappa shape index (κ1) is 18.0. The quantitative estimate of drug-likeness (QED) is 0.746. The second-order valence-electron chi connectivity index (χ2n) is 7.00. The first-order valence-corrected chi connectivity index (χ1v) is 9.27. The summed E-state index contributed by atoms with van der Waals surface area (Å²) >= 11 is 0. The van der Waals surface area contributed by atoms with Crippen LogP contribution in [0.5, 0.6) is 0 Å². The molecule has 8 heteroatoms. The third kappa shape index (κ3) is 3.28. The lowest BCUT2D eigenvalue weighted by Gasteiger charge is -2.32. The minimum Gasteiger partial charge on any atom is -0.384 e. The molecular formula is C20H22N6O2.